The number of pyridine rings is 1. The molecule has 0 N–H and O–H groups in total. The number of hydrogen-bond donors (Lipinski definition) is 0. The summed E-state index contributed by atoms with van der Waals surface area (Å²) in [6, 6.07) is 12.1. The van der Waals surface area contributed by atoms with E-state index in [2.05, 4.69) is 15.2 Å². The van der Waals surface area contributed by atoms with E-state index in [0.29, 0.717) is 45.6 Å². The third kappa shape index (κ3) is 3.48. The quantitative estimate of drug-likeness (QED) is 0.327. The van der Waals surface area contributed by atoms with Crippen molar-refractivity contribution in [1.82, 2.24) is 24.7 Å². The molecule has 0 radical (unpaired) electrons. The van der Waals surface area contributed by atoms with Crippen molar-refractivity contribution in [2.45, 2.75) is 25.7 Å². The lowest BCUT2D eigenvalue weighted by Crippen LogP contribution is -1.97. The number of carbonyl (C=O) groups excluding carboxylic acids is 1. The second kappa shape index (κ2) is 7.69. The lowest BCUT2D eigenvalue weighted by atomic mass is 9.97. The largest absolute Gasteiger partial charge is 0.434 e. The number of benzene rings is 2. The molecular formula is C26H20FN5O2. The maximum atomic E-state index is 14.2. The first-order chi connectivity index (χ1) is 16.5. The Bertz CT molecular complexity index is 1580. The molecular weight excluding hydrogens is 433 g/mol. The van der Waals surface area contributed by atoms with E-state index in [0.717, 1.165) is 41.5 Å². The van der Waals surface area contributed by atoms with Crippen molar-refractivity contribution in [1.29, 1.82) is 0 Å². The zero-order chi connectivity index (χ0) is 23.4. The van der Waals surface area contributed by atoms with E-state index in [4.69, 9.17) is 9.40 Å². The second-order valence-corrected chi connectivity index (χ2v) is 8.72. The van der Waals surface area contributed by atoms with Gasteiger partial charge in [-0.25, -0.2) is 14.4 Å². The zero-order valence-electron chi connectivity index (χ0n) is 18.6. The molecule has 0 bridgehead atoms. The van der Waals surface area contributed by atoms with Crippen LogP contribution in [0.2, 0.25) is 0 Å². The summed E-state index contributed by atoms with van der Waals surface area (Å²) in [6.07, 6.45) is 4.54. The van der Waals surface area contributed by atoms with Gasteiger partial charge >= 0.3 is 0 Å². The van der Waals surface area contributed by atoms with Gasteiger partial charge in [0.1, 0.15) is 29.6 Å². The molecule has 3 aromatic heterocycles. The molecule has 1 aliphatic carbocycles. The van der Waals surface area contributed by atoms with Crippen molar-refractivity contribution >= 4 is 17.4 Å². The zero-order valence-corrected chi connectivity index (χ0v) is 18.6. The van der Waals surface area contributed by atoms with E-state index in [1.54, 1.807) is 29.1 Å². The van der Waals surface area contributed by atoms with Crippen LogP contribution in [0.4, 0.5) is 4.39 Å². The summed E-state index contributed by atoms with van der Waals surface area (Å²) in [5.41, 5.74) is 6.49. The summed E-state index contributed by atoms with van der Waals surface area (Å²) >= 11 is 0. The van der Waals surface area contributed by atoms with Crippen molar-refractivity contribution < 1.29 is 13.6 Å². The summed E-state index contributed by atoms with van der Waals surface area (Å²) in [7, 11) is 1.83. The minimum absolute atomic E-state index is 0.348. The van der Waals surface area contributed by atoms with Crippen LogP contribution in [-0.2, 0) is 7.05 Å². The Morgan fingerprint density at radius 1 is 1.09 bits per heavy atom. The molecule has 0 unspecified atom stereocenters. The number of carbonyl (C=O) groups is 1. The molecule has 1 saturated carbocycles. The Balaban J connectivity index is 1.55. The third-order valence-electron chi connectivity index (χ3n) is 6.14. The van der Waals surface area contributed by atoms with Gasteiger partial charge < -0.3 is 8.98 Å². The minimum Gasteiger partial charge on any atom is -0.434 e. The van der Waals surface area contributed by atoms with Crippen molar-refractivity contribution in [3.8, 4) is 34.1 Å². The predicted octanol–water partition coefficient (Wildman–Crippen LogP) is 5.49. The maximum Gasteiger partial charge on any atom is 0.246 e. The highest BCUT2D eigenvalue weighted by Crippen LogP contribution is 2.42. The van der Waals surface area contributed by atoms with Crippen LogP contribution in [-0.4, -0.2) is 31.0 Å². The van der Waals surface area contributed by atoms with Crippen LogP contribution in [0.15, 0.2) is 53.2 Å². The Morgan fingerprint density at radius 2 is 1.94 bits per heavy atom. The lowest BCUT2D eigenvalue weighted by Gasteiger charge is -2.12. The number of oxazole rings is 1. The molecule has 7 nitrogen and oxygen atoms in total. The second-order valence-electron chi connectivity index (χ2n) is 8.72. The molecule has 2 aromatic carbocycles. The number of fused-ring (bicyclic) bond motifs is 1. The van der Waals surface area contributed by atoms with E-state index in [1.807, 2.05) is 26.1 Å². The fourth-order valence-corrected chi connectivity index (χ4v) is 4.29. The van der Waals surface area contributed by atoms with Gasteiger partial charge in [0.2, 0.25) is 5.89 Å². The standard InChI is InChI=1S/C26H20FN5O2/c1-14-7-15(12-33)8-22-24(14)34-26(30-22)23-10-17(9-21(29-23)16-3-4-16)19-6-5-18(27)11-20(19)25-31-28-13-32(25)2/h5-13,16H,3-4H2,1-2H3. The van der Waals surface area contributed by atoms with Crippen LogP contribution in [0.1, 0.15) is 40.4 Å². The Morgan fingerprint density at radius 3 is 2.68 bits per heavy atom. The number of nitrogens with zero attached hydrogens (tertiary/aromatic N) is 5. The van der Waals surface area contributed by atoms with Gasteiger partial charge in [-0.05, 0) is 72.9 Å². The molecule has 0 saturated heterocycles. The van der Waals surface area contributed by atoms with E-state index >= 15 is 0 Å². The van der Waals surface area contributed by atoms with Crippen LogP contribution in [0.25, 0.3) is 45.2 Å². The molecule has 8 heteroatoms. The van der Waals surface area contributed by atoms with Crippen LogP contribution in [0.3, 0.4) is 0 Å². The topological polar surface area (TPSA) is 86.7 Å². The smallest absolute Gasteiger partial charge is 0.246 e. The highest BCUT2D eigenvalue weighted by atomic mass is 19.1. The summed E-state index contributed by atoms with van der Waals surface area (Å²) < 4.78 is 22.1. The SMILES string of the molecule is Cc1cc(C=O)cc2nc(-c3cc(-c4ccc(F)cc4-c4nncn4C)cc(C4CC4)n3)oc12. The highest BCUT2D eigenvalue weighted by molar-refractivity contribution is 5.87. The predicted molar refractivity (Wildman–Crippen MR) is 125 cm³/mol. The maximum absolute atomic E-state index is 14.2. The first-order valence-corrected chi connectivity index (χ1v) is 11.0. The molecule has 168 valence electrons. The van der Waals surface area contributed by atoms with E-state index < -0.39 is 0 Å². The normalized spacial score (nSPS) is 13.5. The number of aldehydes is 1. The number of rotatable bonds is 5. The van der Waals surface area contributed by atoms with Gasteiger partial charge in [0.25, 0.3) is 0 Å². The highest BCUT2D eigenvalue weighted by Gasteiger charge is 2.27. The Kier molecular flexibility index (Phi) is 4.62. The van der Waals surface area contributed by atoms with E-state index in [9.17, 15) is 9.18 Å². The fraction of sp³-hybridized carbons (Fsp3) is 0.192. The third-order valence-corrected chi connectivity index (χ3v) is 6.14. The van der Waals surface area contributed by atoms with Gasteiger partial charge in [0, 0.05) is 29.8 Å². The molecule has 0 aliphatic heterocycles. The van der Waals surface area contributed by atoms with Crippen molar-refractivity contribution in [3.63, 3.8) is 0 Å². The van der Waals surface area contributed by atoms with Gasteiger partial charge in [-0.2, -0.15) is 0 Å². The van der Waals surface area contributed by atoms with Crippen molar-refractivity contribution in [2.75, 3.05) is 0 Å². The monoisotopic (exact) mass is 453 g/mol. The number of halogens is 1. The molecule has 5 aromatic rings. The van der Waals surface area contributed by atoms with E-state index in [1.165, 1.54) is 12.1 Å². The lowest BCUT2D eigenvalue weighted by molar-refractivity contribution is 0.112. The summed E-state index contributed by atoms with van der Waals surface area (Å²) in [5, 5.41) is 8.15. The molecule has 0 spiro atoms. The number of aromatic nitrogens is 5. The van der Waals surface area contributed by atoms with Crippen LogP contribution in [0, 0.1) is 12.7 Å². The van der Waals surface area contributed by atoms with Crippen molar-refractivity contribution in [3.05, 3.63) is 71.4 Å². The first-order valence-electron chi connectivity index (χ1n) is 11.0. The molecule has 6 rings (SSSR count). The van der Waals surface area contributed by atoms with Gasteiger partial charge in [-0.15, -0.1) is 10.2 Å². The number of hydrogen-bond acceptors (Lipinski definition) is 6. The van der Waals surface area contributed by atoms with Gasteiger partial charge in [-0.3, -0.25) is 4.79 Å². The number of aryl methyl sites for hydroxylation is 2. The van der Waals surface area contributed by atoms with Gasteiger partial charge in [-0.1, -0.05) is 6.07 Å². The Labute approximate surface area is 194 Å². The average Bonchev–Trinajstić information content (AvgIpc) is 3.46. The fourth-order valence-electron chi connectivity index (χ4n) is 4.29. The molecule has 0 atom stereocenters. The van der Waals surface area contributed by atoms with Gasteiger partial charge in [0.05, 0.1) is 0 Å². The first kappa shape index (κ1) is 20.4. The van der Waals surface area contributed by atoms with Crippen LogP contribution < -0.4 is 0 Å². The van der Waals surface area contributed by atoms with Crippen LogP contribution in [0.5, 0.6) is 0 Å². The molecule has 1 aliphatic rings. The van der Waals surface area contributed by atoms with Crippen molar-refractivity contribution in [2.24, 2.45) is 7.05 Å². The summed E-state index contributed by atoms with van der Waals surface area (Å²) in [6.45, 7) is 1.88. The summed E-state index contributed by atoms with van der Waals surface area (Å²) in [4.78, 5) is 20.8. The summed E-state index contributed by atoms with van der Waals surface area (Å²) in [5.74, 6) is 0.982. The molecule has 3 heterocycles. The minimum atomic E-state index is -0.348. The molecule has 1 fully saturated rings. The Hall–Kier alpha value is -4.20. The van der Waals surface area contributed by atoms with Crippen LogP contribution >= 0.6 is 0 Å². The van der Waals surface area contributed by atoms with E-state index in [-0.39, 0.29) is 5.82 Å². The average molecular weight is 453 g/mol. The molecule has 0 amide bonds. The molecule has 34 heavy (non-hydrogen) atoms. The van der Waals surface area contributed by atoms with Gasteiger partial charge in [0.15, 0.2) is 11.4 Å².